The molecule has 17 heavy (non-hydrogen) atoms. The molecule has 0 fully saturated rings. The van der Waals surface area contributed by atoms with Gasteiger partial charge in [0.2, 0.25) is 0 Å². The molecule has 2 rings (SSSR count). The van der Waals surface area contributed by atoms with Gasteiger partial charge in [0.15, 0.2) is 12.4 Å². The summed E-state index contributed by atoms with van der Waals surface area (Å²) < 4.78 is 0. The second-order valence-corrected chi connectivity index (χ2v) is 3.55. The first-order valence-electron chi connectivity index (χ1n) is 5.37. The van der Waals surface area contributed by atoms with Gasteiger partial charge >= 0.3 is 0 Å². The molecule has 0 bridgehead atoms. The van der Waals surface area contributed by atoms with Gasteiger partial charge in [0.25, 0.3) is 0 Å². The second kappa shape index (κ2) is 5.82. The molecule has 1 atom stereocenters. The van der Waals surface area contributed by atoms with Crippen molar-refractivity contribution in [3.8, 4) is 0 Å². The summed E-state index contributed by atoms with van der Waals surface area (Å²) in [5.41, 5.74) is 4.40. The Morgan fingerprint density at radius 2 is 1.53 bits per heavy atom. The first-order chi connectivity index (χ1) is 8.40. The highest BCUT2D eigenvalue weighted by Gasteiger charge is 2.10. The molecule has 0 saturated carbocycles. The minimum absolute atomic E-state index is 0.601. The first kappa shape index (κ1) is 11.4. The van der Waals surface area contributed by atoms with Crippen LogP contribution in [-0.4, -0.2) is 6.29 Å². The molecule has 0 aliphatic rings. The summed E-state index contributed by atoms with van der Waals surface area (Å²) >= 11 is 0. The van der Waals surface area contributed by atoms with Crippen LogP contribution < -0.4 is 5.48 Å². The molecule has 2 aromatic carbocycles. The Kier molecular flexibility index (Phi) is 3.89. The normalized spacial score (nSPS) is 11.8. The van der Waals surface area contributed by atoms with Crippen molar-refractivity contribution in [3.05, 3.63) is 66.2 Å². The molecule has 0 heterocycles. The van der Waals surface area contributed by atoms with E-state index in [-0.39, 0.29) is 0 Å². The standard InChI is InChI=1S/C14H13NO2/c16-11-14(12-7-3-1-4-8-12)17-15-13-9-5-2-6-10-13/h1-11,14-15H/t14-/m1/s1. The van der Waals surface area contributed by atoms with E-state index in [1.807, 2.05) is 60.7 Å². The molecular formula is C14H13NO2. The lowest BCUT2D eigenvalue weighted by molar-refractivity contribution is -0.116. The van der Waals surface area contributed by atoms with Crippen LogP contribution in [-0.2, 0) is 9.63 Å². The smallest absolute Gasteiger partial charge is 0.165 e. The lowest BCUT2D eigenvalue weighted by atomic mass is 10.1. The maximum absolute atomic E-state index is 11.0. The minimum Gasteiger partial charge on any atom is -0.300 e. The fourth-order valence-corrected chi connectivity index (χ4v) is 1.45. The molecule has 86 valence electrons. The zero-order valence-corrected chi connectivity index (χ0v) is 9.24. The molecule has 0 aliphatic carbocycles. The van der Waals surface area contributed by atoms with E-state index < -0.39 is 6.10 Å². The van der Waals surface area contributed by atoms with Gasteiger partial charge in [0, 0.05) is 0 Å². The summed E-state index contributed by atoms with van der Waals surface area (Å²) in [6, 6.07) is 18.8. The third-order valence-electron chi connectivity index (χ3n) is 2.33. The zero-order valence-electron chi connectivity index (χ0n) is 9.24. The van der Waals surface area contributed by atoms with E-state index in [4.69, 9.17) is 4.84 Å². The van der Waals surface area contributed by atoms with E-state index in [2.05, 4.69) is 5.48 Å². The molecule has 2 aromatic rings. The maximum Gasteiger partial charge on any atom is 0.165 e. The third-order valence-corrected chi connectivity index (χ3v) is 2.33. The van der Waals surface area contributed by atoms with Gasteiger partial charge in [-0.2, -0.15) is 0 Å². The van der Waals surface area contributed by atoms with Gasteiger partial charge in [-0.25, -0.2) is 0 Å². The van der Waals surface area contributed by atoms with Crippen molar-refractivity contribution in [2.45, 2.75) is 6.10 Å². The van der Waals surface area contributed by atoms with Crippen molar-refractivity contribution < 1.29 is 9.63 Å². The van der Waals surface area contributed by atoms with Crippen molar-refractivity contribution in [2.75, 3.05) is 5.48 Å². The number of hydrogen-bond donors (Lipinski definition) is 1. The van der Waals surface area contributed by atoms with Crippen molar-refractivity contribution in [1.29, 1.82) is 0 Å². The van der Waals surface area contributed by atoms with E-state index in [1.165, 1.54) is 0 Å². The number of carbonyl (C=O) groups is 1. The SMILES string of the molecule is O=C[C@@H](ONc1ccccc1)c1ccccc1. The Morgan fingerprint density at radius 3 is 2.12 bits per heavy atom. The van der Waals surface area contributed by atoms with Crippen molar-refractivity contribution in [2.24, 2.45) is 0 Å². The lowest BCUT2D eigenvalue weighted by Crippen LogP contribution is -2.10. The van der Waals surface area contributed by atoms with Crippen molar-refractivity contribution in [3.63, 3.8) is 0 Å². The van der Waals surface area contributed by atoms with Gasteiger partial charge in [0.05, 0.1) is 5.69 Å². The molecule has 3 heteroatoms. The molecule has 0 unspecified atom stereocenters. The Labute approximate surface area is 100.0 Å². The predicted molar refractivity (Wildman–Crippen MR) is 66.4 cm³/mol. The van der Waals surface area contributed by atoms with Crippen LogP contribution in [0.5, 0.6) is 0 Å². The number of hydrogen-bond acceptors (Lipinski definition) is 3. The molecule has 0 spiro atoms. The maximum atomic E-state index is 11.0. The number of benzene rings is 2. The monoisotopic (exact) mass is 227 g/mol. The molecule has 0 radical (unpaired) electrons. The van der Waals surface area contributed by atoms with Crippen LogP contribution in [0.1, 0.15) is 11.7 Å². The van der Waals surface area contributed by atoms with Crippen molar-refractivity contribution in [1.82, 2.24) is 0 Å². The predicted octanol–water partition coefficient (Wildman–Crippen LogP) is 2.97. The highest BCUT2D eigenvalue weighted by molar-refractivity contribution is 5.60. The molecule has 0 saturated heterocycles. The topological polar surface area (TPSA) is 38.3 Å². The fourth-order valence-electron chi connectivity index (χ4n) is 1.45. The average Bonchev–Trinajstić information content (AvgIpc) is 2.42. The van der Waals surface area contributed by atoms with E-state index in [0.717, 1.165) is 17.5 Å². The molecule has 0 aliphatic heterocycles. The fraction of sp³-hybridized carbons (Fsp3) is 0.0714. The average molecular weight is 227 g/mol. The summed E-state index contributed by atoms with van der Waals surface area (Å²) in [7, 11) is 0. The van der Waals surface area contributed by atoms with Crippen LogP contribution in [0.4, 0.5) is 5.69 Å². The highest BCUT2D eigenvalue weighted by atomic mass is 16.7. The van der Waals surface area contributed by atoms with Gasteiger partial charge in [0.1, 0.15) is 0 Å². The lowest BCUT2D eigenvalue weighted by Gasteiger charge is -2.13. The second-order valence-electron chi connectivity index (χ2n) is 3.55. The van der Waals surface area contributed by atoms with E-state index in [9.17, 15) is 4.79 Å². The quantitative estimate of drug-likeness (QED) is 0.630. The highest BCUT2D eigenvalue weighted by Crippen LogP contribution is 2.16. The van der Waals surface area contributed by atoms with Crippen LogP contribution in [0.25, 0.3) is 0 Å². The molecule has 0 aromatic heterocycles. The minimum atomic E-state index is -0.601. The van der Waals surface area contributed by atoms with Gasteiger partial charge in [-0.3, -0.25) is 15.1 Å². The van der Waals surface area contributed by atoms with Gasteiger partial charge in [-0.05, 0) is 17.7 Å². The first-order valence-corrected chi connectivity index (χ1v) is 5.37. The molecule has 3 nitrogen and oxygen atoms in total. The van der Waals surface area contributed by atoms with Crippen LogP contribution in [0, 0.1) is 0 Å². The van der Waals surface area contributed by atoms with Gasteiger partial charge < -0.3 is 0 Å². The Hall–Kier alpha value is -2.13. The summed E-state index contributed by atoms with van der Waals surface area (Å²) in [4.78, 5) is 16.3. The number of carbonyl (C=O) groups excluding carboxylic acids is 1. The number of aldehydes is 1. The molecular weight excluding hydrogens is 214 g/mol. The Morgan fingerprint density at radius 1 is 0.941 bits per heavy atom. The number of para-hydroxylation sites is 1. The Bertz CT molecular complexity index is 456. The van der Waals surface area contributed by atoms with Crippen LogP contribution in [0.3, 0.4) is 0 Å². The summed E-state index contributed by atoms with van der Waals surface area (Å²) in [6.07, 6.45) is 0.169. The zero-order chi connectivity index (χ0) is 11.9. The summed E-state index contributed by atoms with van der Waals surface area (Å²) in [5, 5.41) is 0. The van der Waals surface area contributed by atoms with Crippen LogP contribution >= 0.6 is 0 Å². The summed E-state index contributed by atoms with van der Waals surface area (Å²) in [5.74, 6) is 0. The summed E-state index contributed by atoms with van der Waals surface area (Å²) in [6.45, 7) is 0. The van der Waals surface area contributed by atoms with Gasteiger partial charge in [-0.15, -0.1) is 0 Å². The van der Waals surface area contributed by atoms with E-state index in [0.29, 0.717) is 0 Å². The molecule has 0 amide bonds. The third kappa shape index (κ3) is 3.16. The van der Waals surface area contributed by atoms with E-state index >= 15 is 0 Å². The molecule has 1 N–H and O–H groups in total. The van der Waals surface area contributed by atoms with Crippen LogP contribution in [0.15, 0.2) is 60.7 Å². The number of nitrogens with one attached hydrogen (secondary N) is 1. The Balaban J connectivity index is 2.00. The van der Waals surface area contributed by atoms with Crippen molar-refractivity contribution >= 4 is 12.0 Å². The number of rotatable bonds is 5. The van der Waals surface area contributed by atoms with Crippen LogP contribution in [0.2, 0.25) is 0 Å². The number of anilines is 1. The van der Waals surface area contributed by atoms with E-state index in [1.54, 1.807) is 0 Å². The largest absolute Gasteiger partial charge is 0.300 e. The van der Waals surface area contributed by atoms with Gasteiger partial charge in [-0.1, -0.05) is 48.5 Å².